The molecule has 0 bridgehead atoms. The Hall–Kier alpha value is -1.95. The van der Waals surface area contributed by atoms with E-state index in [4.69, 9.17) is 10.5 Å². The molecule has 0 spiro atoms. The monoisotopic (exact) mass is 399 g/mol. The van der Waals surface area contributed by atoms with Gasteiger partial charge in [0.15, 0.2) is 0 Å². The summed E-state index contributed by atoms with van der Waals surface area (Å²) in [5.41, 5.74) is 8.31. The summed E-state index contributed by atoms with van der Waals surface area (Å²) in [7, 11) is 4.02. The summed E-state index contributed by atoms with van der Waals surface area (Å²) >= 11 is 0. The number of hydrogen-bond acceptors (Lipinski definition) is 4. The predicted octanol–water partition coefficient (Wildman–Crippen LogP) is 2.91. The van der Waals surface area contributed by atoms with E-state index >= 15 is 0 Å². The second kappa shape index (κ2) is 12.4. The Morgan fingerprint density at radius 2 is 1.77 bits per heavy atom. The Labute approximate surface area is 167 Å². The first-order valence-electron chi connectivity index (χ1n) is 8.00. The Bertz CT molecular complexity index is 664. The van der Waals surface area contributed by atoms with Gasteiger partial charge >= 0.3 is 0 Å². The minimum atomic E-state index is -0.0151. The molecule has 0 aromatic heterocycles. The maximum absolute atomic E-state index is 12.0. The fraction of sp³-hybridized carbons (Fsp3) is 0.316. The molecule has 0 aliphatic carbocycles. The van der Waals surface area contributed by atoms with Gasteiger partial charge in [0.25, 0.3) is 0 Å². The molecule has 0 radical (unpaired) electrons. The molecule has 0 atom stereocenters. The van der Waals surface area contributed by atoms with Gasteiger partial charge < -0.3 is 20.7 Å². The average Bonchev–Trinajstić information content (AvgIpc) is 2.55. The van der Waals surface area contributed by atoms with Gasteiger partial charge in [0.05, 0.1) is 6.42 Å². The first-order valence-corrected chi connectivity index (χ1v) is 8.00. The average molecular weight is 400 g/mol. The van der Waals surface area contributed by atoms with E-state index in [0.717, 1.165) is 23.4 Å². The number of ether oxygens (including phenoxy) is 1. The molecular weight excluding hydrogens is 373 g/mol. The predicted molar refractivity (Wildman–Crippen MR) is 111 cm³/mol. The van der Waals surface area contributed by atoms with Crippen LogP contribution < -0.4 is 15.8 Å². The van der Waals surface area contributed by atoms with E-state index < -0.39 is 0 Å². The Kier molecular flexibility index (Phi) is 11.5. The second-order valence-electron chi connectivity index (χ2n) is 5.99. The molecule has 0 fully saturated rings. The maximum atomic E-state index is 12.0. The van der Waals surface area contributed by atoms with Crippen LogP contribution in [0.1, 0.15) is 11.1 Å². The van der Waals surface area contributed by atoms with Crippen molar-refractivity contribution in [1.29, 1.82) is 0 Å². The lowest BCUT2D eigenvalue weighted by Crippen LogP contribution is -2.24. The van der Waals surface area contributed by atoms with Gasteiger partial charge in [-0.15, -0.1) is 24.8 Å². The summed E-state index contributed by atoms with van der Waals surface area (Å²) in [4.78, 5) is 14.1. The molecule has 3 N–H and O–H groups in total. The van der Waals surface area contributed by atoms with E-state index in [1.807, 2.05) is 50.5 Å². The van der Waals surface area contributed by atoms with Crippen molar-refractivity contribution in [1.82, 2.24) is 10.2 Å². The van der Waals surface area contributed by atoms with Crippen molar-refractivity contribution in [2.24, 2.45) is 0 Å². The molecule has 0 aliphatic rings. The fourth-order valence-electron chi connectivity index (χ4n) is 2.18. The van der Waals surface area contributed by atoms with Crippen LogP contribution in [0.3, 0.4) is 0 Å². The smallest absolute Gasteiger partial charge is 0.224 e. The normalized spacial score (nSPS) is 9.81. The highest BCUT2D eigenvalue weighted by atomic mass is 35.5. The number of carbonyl (C=O) groups is 1. The number of likely N-dealkylation sites (N-methyl/N-ethyl adjacent to an activating group) is 1. The van der Waals surface area contributed by atoms with Gasteiger partial charge in [-0.05, 0) is 49.5 Å². The minimum Gasteiger partial charge on any atom is -0.492 e. The van der Waals surface area contributed by atoms with E-state index in [1.54, 1.807) is 12.1 Å². The third-order valence-corrected chi connectivity index (χ3v) is 3.54. The van der Waals surface area contributed by atoms with Crippen LogP contribution in [0.15, 0.2) is 48.5 Å². The van der Waals surface area contributed by atoms with Gasteiger partial charge in [0, 0.05) is 18.8 Å². The van der Waals surface area contributed by atoms with Gasteiger partial charge in [0.2, 0.25) is 5.91 Å². The number of nitrogens with zero attached hydrogens (tertiary/aromatic N) is 1. The van der Waals surface area contributed by atoms with Gasteiger partial charge in [-0.3, -0.25) is 4.79 Å². The topological polar surface area (TPSA) is 67.6 Å². The number of carbonyl (C=O) groups excluding carboxylic acids is 1. The number of halogens is 2. The minimum absolute atomic E-state index is 0. The van der Waals surface area contributed by atoms with Crippen LogP contribution in [0.2, 0.25) is 0 Å². The van der Waals surface area contributed by atoms with Crippen molar-refractivity contribution >= 4 is 36.4 Å². The largest absolute Gasteiger partial charge is 0.492 e. The van der Waals surface area contributed by atoms with E-state index in [2.05, 4.69) is 10.2 Å². The lowest BCUT2D eigenvalue weighted by molar-refractivity contribution is -0.120. The summed E-state index contributed by atoms with van der Waals surface area (Å²) in [5.74, 6) is 0.806. The highest BCUT2D eigenvalue weighted by molar-refractivity contribution is 5.85. The summed E-state index contributed by atoms with van der Waals surface area (Å²) in [6, 6.07) is 15.1. The first kappa shape index (κ1) is 24.1. The number of nitrogens with one attached hydrogen (secondary N) is 1. The number of benzene rings is 2. The van der Waals surface area contributed by atoms with Crippen molar-refractivity contribution in [3.63, 3.8) is 0 Å². The highest BCUT2D eigenvalue weighted by Crippen LogP contribution is 2.13. The molecule has 0 unspecified atom stereocenters. The molecule has 1 amide bonds. The Morgan fingerprint density at radius 1 is 1.08 bits per heavy atom. The molecular formula is C19H27Cl2N3O2. The zero-order valence-electron chi connectivity index (χ0n) is 15.1. The third-order valence-electron chi connectivity index (χ3n) is 3.54. The molecule has 2 aromatic carbocycles. The molecule has 2 aromatic rings. The fourth-order valence-corrected chi connectivity index (χ4v) is 2.18. The van der Waals surface area contributed by atoms with Crippen LogP contribution in [0.4, 0.5) is 5.69 Å². The number of nitrogens with two attached hydrogens (primary N) is 1. The molecule has 2 rings (SSSR count). The van der Waals surface area contributed by atoms with Crippen LogP contribution in [0.25, 0.3) is 0 Å². The van der Waals surface area contributed by atoms with E-state index in [9.17, 15) is 4.79 Å². The lowest BCUT2D eigenvalue weighted by atomic mass is 10.1. The van der Waals surface area contributed by atoms with Crippen molar-refractivity contribution in [3.8, 4) is 5.75 Å². The lowest BCUT2D eigenvalue weighted by Gasteiger charge is -2.12. The number of amides is 1. The van der Waals surface area contributed by atoms with Crippen LogP contribution in [0, 0.1) is 0 Å². The van der Waals surface area contributed by atoms with Crippen LogP contribution in [0.5, 0.6) is 5.75 Å². The summed E-state index contributed by atoms with van der Waals surface area (Å²) < 4.78 is 5.70. The van der Waals surface area contributed by atoms with Crippen LogP contribution in [-0.4, -0.2) is 38.1 Å². The van der Waals surface area contributed by atoms with Crippen molar-refractivity contribution < 1.29 is 9.53 Å². The molecule has 0 heterocycles. The van der Waals surface area contributed by atoms with Crippen molar-refractivity contribution in [2.45, 2.75) is 13.0 Å². The summed E-state index contributed by atoms with van der Waals surface area (Å²) in [6.07, 6.45) is 0.347. The third kappa shape index (κ3) is 8.94. The summed E-state index contributed by atoms with van der Waals surface area (Å²) in [5, 5.41) is 2.93. The molecule has 0 aliphatic heterocycles. The Balaban J connectivity index is 0.00000312. The van der Waals surface area contributed by atoms with Crippen molar-refractivity contribution in [3.05, 3.63) is 59.7 Å². The molecule has 0 saturated carbocycles. The molecule has 7 heteroatoms. The highest BCUT2D eigenvalue weighted by Gasteiger charge is 2.04. The SMILES string of the molecule is CN(C)CCOc1cccc(CNC(=O)Cc2ccc(N)cc2)c1.Cl.Cl. The molecule has 0 saturated heterocycles. The second-order valence-corrected chi connectivity index (χ2v) is 5.99. The molecule has 5 nitrogen and oxygen atoms in total. The van der Waals surface area contributed by atoms with Crippen LogP contribution >= 0.6 is 24.8 Å². The first-order chi connectivity index (χ1) is 11.5. The van der Waals surface area contributed by atoms with E-state index in [1.165, 1.54) is 0 Å². The maximum Gasteiger partial charge on any atom is 0.224 e. The molecule has 144 valence electrons. The van der Waals surface area contributed by atoms with Crippen molar-refractivity contribution in [2.75, 3.05) is 33.0 Å². The van der Waals surface area contributed by atoms with Gasteiger partial charge in [0.1, 0.15) is 12.4 Å². The quantitative estimate of drug-likeness (QED) is 0.669. The van der Waals surface area contributed by atoms with E-state index in [-0.39, 0.29) is 30.7 Å². The standard InChI is InChI=1S/C19H25N3O2.2ClH/c1-22(2)10-11-24-18-5-3-4-16(12-18)14-21-19(23)13-15-6-8-17(20)9-7-15;;/h3-9,12H,10-11,13-14,20H2,1-2H3,(H,21,23);2*1H. The number of rotatable bonds is 8. The van der Waals surface area contributed by atoms with Gasteiger partial charge in [-0.25, -0.2) is 0 Å². The Morgan fingerprint density at radius 3 is 2.42 bits per heavy atom. The van der Waals surface area contributed by atoms with E-state index in [0.29, 0.717) is 25.3 Å². The zero-order chi connectivity index (χ0) is 17.4. The van der Waals surface area contributed by atoms with Crippen LogP contribution in [-0.2, 0) is 17.8 Å². The number of nitrogen functional groups attached to an aromatic ring is 1. The molecule has 26 heavy (non-hydrogen) atoms. The summed E-state index contributed by atoms with van der Waals surface area (Å²) in [6.45, 7) is 1.99. The van der Waals surface area contributed by atoms with Gasteiger partial charge in [-0.1, -0.05) is 24.3 Å². The number of anilines is 1. The zero-order valence-corrected chi connectivity index (χ0v) is 16.7. The number of hydrogen-bond donors (Lipinski definition) is 2. The van der Waals surface area contributed by atoms with Gasteiger partial charge in [-0.2, -0.15) is 0 Å².